The van der Waals surface area contributed by atoms with Crippen molar-refractivity contribution in [2.24, 2.45) is 11.7 Å². The molecule has 0 aromatic heterocycles. The molecule has 6 heteroatoms. The van der Waals surface area contributed by atoms with Gasteiger partial charge in [0.15, 0.2) is 5.78 Å². The van der Waals surface area contributed by atoms with Gasteiger partial charge >= 0.3 is 0 Å². The Balaban J connectivity index is 1.73. The highest BCUT2D eigenvalue weighted by Gasteiger charge is 2.66. The molecule has 0 bridgehead atoms. The van der Waals surface area contributed by atoms with Gasteiger partial charge < -0.3 is 15.4 Å². The zero-order valence-corrected chi connectivity index (χ0v) is 21.0. The highest BCUT2D eigenvalue weighted by Crippen LogP contribution is 2.62. The lowest BCUT2D eigenvalue weighted by Gasteiger charge is -2.50. The number of hydrogen-bond acceptors (Lipinski definition) is 5. The number of nitrogens with zero attached hydrogens (tertiary/aromatic N) is 2. The number of rotatable bonds is 1. The molecule has 182 valence electrons. The number of benzene rings is 2. The second-order valence-corrected chi connectivity index (χ2v) is 11.5. The van der Waals surface area contributed by atoms with Gasteiger partial charge in [0, 0.05) is 29.4 Å². The summed E-state index contributed by atoms with van der Waals surface area (Å²) in [4.78, 5) is 30.2. The van der Waals surface area contributed by atoms with Gasteiger partial charge in [-0.15, -0.1) is 0 Å². The summed E-state index contributed by atoms with van der Waals surface area (Å²) >= 11 is 0. The molecule has 1 spiro atoms. The Hall–Kier alpha value is -3.85. The zero-order valence-electron chi connectivity index (χ0n) is 21.0. The molecule has 0 saturated heterocycles. The Morgan fingerprint density at radius 1 is 1.03 bits per heavy atom. The van der Waals surface area contributed by atoms with Gasteiger partial charge in [0.2, 0.25) is 11.8 Å². The molecule has 6 rings (SSSR count). The number of amides is 1. The Labute approximate surface area is 211 Å². The van der Waals surface area contributed by atoms with Crippen LogP contribution in [-0.2, 0) is 25.2 Å². The number of hydrogen-bond donors (Lipinski definition) is 1. The lowest BCUT2D eigenvalue weighted by atomic mass is 9.63. The molecule has 3 atom stereocenters. The quantitative estimate of drug-likeness (QED) is 0.638. The van der Waals surface area contributed by atoms with Crippen molar-refractivity contribution in [3.8, 4) is 6.07 Å². The van der Waals surface area contributed by atoms with Gasteiger partial charge in [-0.25, -0.2) is 0 Å². The standard InChI is InChI=1S/C30H29N3O3/c1-17-13-22(34)24-23(14-17)36-26(32)21(15-31)30(24)20-12-8-11-19-25(20)33(27(30)35)28(2,3)16-29(19,4)18-9-6-5-7-10-18/h5-12,17H,13-14,16,32H2,1-4H3. The maximum Gasteiger partial charge on any atom is 0.248 e. The van der Waals surface area contributed by atoms with Gasteiger partial charge in [-0.2, -0.15) is 5.26 Å². The monoisotopic (exact) mass is 479 g/mol. The van der Waals surface area contributed by atoms with E-state index in [-0.39, 0.29) is 40.1 Å². The maximum atomic E-state index is 14.8. The molecular formula is C30H29N3O3. The topological polar surface area (TPSA) is 96.4 Å². The third-order valence-corrected chi connectivity index (χ3v) is 8.55. The zero-order chi connectivity index (χ0) is 25.6. The predicted molar refractivity (Wildman–Crippen MR) is 136 cm³/mol. The second kappa shape index (κ2) is 7.10. The first-order valence-electron chi connectivity index (χ1n) is 12.5. The molecule has 0 saturated carbocycles. The minimum Gasteiger partial charge on any atom is -0.444 e. The summed E-state index contributed by atoms with van der Waals surface area (Å²) < 4.78 is 5.88. The SMILES string of the molecule is CC1CC(=O)C2=C(C1)OC(N)=C(C#N)C21C(=O)N2c3c1cccc3C(C)(c1ccccc1)CC2(C)C. The lowest BCUT2D eigenvalue weighted by Crippen LogP contribution is -2.58. The van der Waals surface area contributed by atoms with Gasteiger partial charge in [-0.3, -0.25) is 9.59 Å². The minimum absolute atomic E-state index is 0.00849. The van der Waals surface area contributed by atoms with Crippen LogP contribution in [0, 0.1) is 17.2 Å². The van der Waals surface area contributed by atoms with E-state index in [1.54, 1.807) is 0 Å². The number of allylic oxidation sites excluding steroid dienone is 1. The van der Waals surface area contributed by atoms with Crippen molar-refractivity contribution in [2.75, 3.05) is 4.90 Å². The average molecular weight is 480 g/mol. The van der Waals surface area contributed by atoms with Crippen LogP contribution in [0.25, 0.3) is 0 Å². The summed E-state index contributed by atoms with van der Waals surface area (Å²) in [5, 5.41) is 10.3. The Bertz CT molecular complexity index is 1460. The van der Waals surface area contributed by atoms with E-state index in [2.05, 4.69) is 45.0 Å². The predicted octanol–water partition coefficient (Wildman–Crippen LogP) is 4.74. The van der Waals surface area contributed by atoms with Gasteiger partial charge in [0.25, 0.3) is 0 Å². The summed E-state index contributed by atoms with van der Waals surface area (Å²) in [6.07, 6.45) is 1.47. The lowest BCUT2D eigenvalue weighted by molar-refractivity contribution is -0.126. The molecule has 0 fully saturated rings. The fourth-order valence-electron chi connectivity index (χ4n) is 7.29. The number of para-hydroxylation sites is 1. The molecule has 3 unspecified atom stereocenters. The third kappa shape index (κ3) is 2.55. The van der Waals surface area contributed by atoms with E-state index in [4.69, 9.17) is 10.5 Å². The summed E-state index contributed by atoms with van der Waals surface area (Å²) in [5.41, 5.74) is 7.67. The molecule has 4 aliphatic rings. The number of fused-ring (bicyclic) bond motifs is 2. The molecule has 3 aliphatic heterocycles. The molecule has 2 aromatic rings. The highest BCUT2D eigenvalue weighted by molar-refractivity contribution is 6.21. The van der Waals surface area contributed by atoms with Crippen molar-refractivity contribution in [3.63, 3.8) is 0 Å². The minimum atomic E-state index is -1.59. The summed E-state index contributed by atoms with van der Waals surface area (Å²) in [6.45, 7) is 8.31. The van der Waals surface area contributed by atoms with Crippen LogP contribution in [-0.4, -0.2) is 17.2 Å². The van der Waals surface area contributed by atoms with Crippen molar-refractivity contribution >= 4 is 17.4 Å². The van der Waals surface area contributed by atoms with Crippen LogP contribution in [0.2, 0.25) is 0 Å². The third-order valence-electron chi connectivity index (χ3n) is 8.55. The van der Waals surface area contributed by atoms with Crippen LogP contribution >= 0.6 is 0 Å². The first-order chi connectivity index (χ1) is 17.1. The first-order valence-corrected chi connectivity index (χ1v) is 12.5. The van der Waals surface area contributed by atoms with Crippen molar-refractivity contribution in [1.82, 2.24) is 0 Å². The molecule has 6 nitrogen and oxygen atoms in total. The van der Waals surface area contributed by atoms with Crippen LogP contribution in [0.4, 0.5) is 5.69 Å². The van der Waals surface area contributed by atoms with Crippen molar-refractivity contribution in [1.29, 1.82) is 5.26 Å². The number of anilines is 1. The van der Waals surface area contributed by atoms with E-state index in [0.29, 0.717) is 30.6 Å². The number of nitrogens with two attached hydrogens (primary N) is 1. The fourth-order valence-corrected chi connectivity index (χ4v) is 7.29. The molecular weight excluding hydrogens is 450 g/mol. The van der Waals surface area contributed by atoms with Gasteiger partial charge in [-0.1, -0.05) is 62.4 Å². The number of Topliss-reactive ketones (excluding diaryl/α,β-unsaturated/α-hetero) is 1. The molecule has 2 N–H and O–H groups in total. The largest absolute Gasteiger partial charge is 0.444 e. The van der Waals surface area contributed by atoms with Gasteiger partial charge in [-0.05, 0) is 37.3 Å². The Morgan fingerprint density at radius 3 is 2.42 bits per heavy atom. The van der Waals surface area contributed by atoms with E-state index in [1.807, 2.05) is 42.2 Å². The maximum absolute atomic E-state index is 14.8. The van der Waals surface area contributed by atoms with E-state index in [9.17, 15) is 14.9 Å². The smallest absolute Gasteiger partial charge is 0.248 e. The highest BCUT2D eigenvalue weighted by atomic mass is 16.5. The Kier molecular flexibility index (Phi) is 4.46. The molecule has 3 heterocycles. The molecule has 2 aromatic carbocycles. The van der Waals surface area contributed by atoms with E-state index in [0.717, 1.165) is 16.8 Å². The first kappa shape index (κ1) is 22.6. The van der Waals surface area contributed by atoms with Crippen LogP contribution in [0.1, 0.15) is 63.6 Å². The van der Waals surface area contributed by atoms with Crippen LogP contribution < -0.4 is 10.6 Å². The van der Waals surface area contributed by atoms with Crippen LogP contribution in [0.3, 0.4) is 0 Å². The van der Waals surface area contributed by atoms with Gasteiger partial charge in [0.1, 0.15) is 22.8 Å². The molecule has 1 amide bonds. The summed E-state index contributed by atoms with van der Waals surface area (Å²) in [5.74, 6) is -0.0457. The number of nitriles is 1. The van der Waals surface area contributed by atoms with Crippen molar-refractivity contribution in [3.05, 3.63) is 88.0 Å². The molecule has 1 aliphatic carbocycles. The van der Waals surface area contributed by atoms with E-state index >= 15 is 0 Å². The fraction of sp³-hybridized carbons (Fsp3) is 0.367. The average Bonchev–Trinajstić information content (AvgIpc) is 3.07. The van der Waals surface area contributed by atoms with Gasteiger partial charge in [0.05, 0.1) is 11.3 Å². The molecule has 0 radical (unpaired) electrons. The van der Waals surface area contributed by atoms with E-state index in [1.165, 1.54) is 0 Å². The number of ether oxygens (including phenoxy) is 1. The second-order valence-electron chi connectivity index (χ2n) is 11.5. The number of carbonyl (C=O) groups is 2. The van der Waals surface area contributed by atoms with Crippen molar-refractivity contribution in [2.45, 2.75) is 63.3 Å². The number of carbonyl (C=O) groups excluding carboxylic acids is 2. The molecule has 36 heavy (non-hydrogen) atoms. The van der Waals surface area contributed by atoms with Crippen LogP contribution in [0.5, 0.6) is 0 Å². The van der Waals surface area contributed by atoms with Crippen molar-refractivity contribution < 1.29 is 14.3 Å². The normalized spacial score (nSPS) is 30.2. The summed E-state index contributed by atoms with van der Waals surface area (Å²) in [7, 11) is 0. The number of ketones is 1. The van der Waals surface area contributed by atoms with Crippen LogP contribution in [0.15, 0.2) is 71.3 Å². The van der Waals surface area contributed by atoms with E-state index < -0.39 is 11.0 Å². The Morgan fingerprint density at radius 2 is 1.72 bits per heavy atom. The summed E-state index contributed by atoms with van der Waals surface area (Å²) in [6, 6.07) is 18.4.